The van der Waals surface area contributed by atoms with Gasteiger partial charge in [0.25, 0.3) is 0 Å². The highest BCUT2D eigenvalue weighted by atomic mass is 15.2. The minimum Gasteiger partial charge on any atom is -0.333 e. The molecule has 0 saturated carbocycles. The zero-order valence-corrected chi connectivity index (χ0v) is 13.2. The summed E-state index contributed by atoms with van der Waals surface area (Å²) < 4.78 is 0. The Morgan fingerprint density at radius 1 is 1.19 bits per heavy atom. The molecule has 2 heterocycles. The minimum absolute atomic E-state index is 0.207. The Balaban J connectivity index is 2.15. The van der Waals surface area contributed by atoms with Gasteiger partial charge in [-0.1, -0.05) is 45.0 Å². The van der Waals surface area contributed by atoms with Gasteiger partial charge in [-0.25, -0.2) is 4.99 Å². The number of piperidine rings is 1. The normalized spacial score (nSPS) is 23.7. The third-order valence-corrected chi connectivity index (χ3v) is 4.66. The zero-order chi connectivity index (χ0) is 15.0. The molecule has 3 rings (SSSR count). The van der Waals surface area contributed by atoms with Crippen LogP contribution in [0.3, 0.4) is 0 Å². The van der Waals surface area contributed by atoms with Crippen LogP contribution in [-0.4, -0.2) is 12.4 Å². The van der Waals surface area contributed by atoms with Gasteiger partial charge in [-0.3, -0.25) is 0 Å². The first-order valence-corrected chi connectivity index (χ1v) is 7.54. The predicted molar refractivity (Wildman–Crippen MR) is 89.5 cm³/mol. The summed E-state index contributed by atoms with van der Waals surface area (Å²) in [6, 6.07) is 10.5. The van der Waals surface area contributed by atoms with Crippen LogP contribution in [0, 0.1) is 11.3 Å². The topological polar surface area (TPSA) is 15.6 Å². The van der Waals surface area contributed by atoms with Gasteiger partial charge in [0, 0.05) is 23.8 Å². The molecule has 2 aliphatic rings. The van der Waals surface area contributed by atoms with Gasteiger partial charge in [0.15, 0.2) is 0 Å². The first-order chi connectivity index (χ1) is 9.99. The summed E-state index contributed by atoms with van der Waals surface area (Å²) in [5, 5.41) is 0. The fourth-order valence-corrected chi connectivity index (χ4v) is 2.97. The summed E-state index contributed by atoms with van der Waals surface area (Å²) in [5.41, 5.74) is 4.86. The lowest BCUT2D eigenvalue weighted by Crippen LogP contribution is -2.45. The van der Waals surface area contributed by atoms with E-state index in [1.165, 1.54) is 11.3 Å². The smallest absolute Gasteiger partial charge is 0.108 e. The minimum atomic E-state index is 0.207. The second kappa shape index (κ2) is 5.05. The van der Waals surface area contributed by atoms with E-state index in [0.29, 0.717) is 5.92 Å². The van der Waals surface area contributed by atoms with Crippen molar-refractivity contribution in [1.29, 1.82) is 0 Å². The maximum absolute atomic E-state index is 4.45. The predicted octanol–water partition coefficient (Wildman–Crippen LogP) is 4.57. The highest BCUT2D eigenvalue weighted by molar-refractivity contribution is 5.76. The van der Waals surface area contributed by atoms with Crippen molar-refractivity contribution in [3.63, 3.8) is 0 Å². The van der Waals surface area contributed by atoms with Crippen molar-refractivity contribution in [3.05, 3.63) is 59.5 Å². The number of nitrogens with zero attached hydrogens (tertiary/aromatic N) is 2. The van der Waals surface area contributed by atoms with Crippen molar-refractivity contribution in [3.8, 4) is 0 Å². The van der Waals surface area contributed by atoms with Crippen molar-refractivity contribution in [2.24, 2.45) is 16.3 Å². The van der Waals surface area contributed by atoms with Crippen LogP contribution in [0.25, 0.3) is 0 Å². The Hall–Kier alpha value is -2.05. The SMILES string of the molecule is CC1=CC=C2C(=C=N1)N(c1ccccc1)CC(C)(C)C2C. The van der Waals surface area contributed by atoms with Crippen molar-refractivity contribution in [1.82, 2.24) is 0 Å². The van der Waals surface area contributed by atoms with Crippen LogP contribution in [-0.2, 0) is 0 Å². The number of benzene rings is 1. The molecule has 1 saturated heterocycles. The van der Waals surface area contributed by atoms with Crippen molar-refractivity contribution >= 4 is 11.6 Å². The lowest BCUT2D eigenvalue weighted by molar-refractivity contribution is 0.258. The quantitative estimate of drug-likeness (QED) is 0.735. The second-order valence-corrected chi connectivity index (χ2v) is 6.63. The maximum atomic E-state index is 4.45. The molecule has 2 nitrogen and oxygen atoms in total. The molecular formula is C19H22N2. The Morgan fingerprint density at radius 2 is 1.90 bits per heavy atom. The summed E-state index contributed by atoms with van der Waals surface area (Å²) >= 11 is 0. The molecule has 0 N–H and O–H groups in total. The van der Waals surface area contributed by atoms with E-state index in [1.807, 2.05) is 6.92 Å². The molecule has 0 bridgehead atoms. The summed E-state index contributed by atoms with van der Waals surface area (Å²) in [6.07, 6.45) is 4.31. The van der Waals surface area contributed by atoms with Crippen LogP contribution in [0.15, 0.2) is 64.4 Å². The van der Waals surface area contributed by atoms with Crippen LogP contribution < -0.4 is 4.90 Å². The van der Waals surface area contributed by atoms with Crippen LogP contribution >= 0.6 is 0 Å². The first kappa shape index (κ1) is 13.9. The maximum Gasteiger partial charge on any atom is 0.108 e. The third-order valence-electron chi connectivity index (χ3n) is 4.66. The number of rotatable bonds is 1. The Kier molecular flexibility index (Phi) is 3.35. The van der Waals surface area contributed by atoms with E-state index in [1.54, 1.807) is 0 Å². The lowest BCUT2D eigenvalue weighted by Gasteiger charge is -2.46. The first-order valence-electron chi connectivity index (χ1n) is 7.54. The fraction of sp³-hybridized carbons (Fsp3) is 0.368. The molecule has 21 heavy (non-hydrogen) atoms. The summed E-state index contributed by atoms with van der Waals surface area (Å²) in [7, 11) is 0. The van der Waals surface area contributed by atoms with Gasteiger partial charge in [-0.05, 0) is 42.0 Å². The van der Waals surface area contributed by atoms with E-state index in [-0.39, 0.29) is 5.41 Å². The molecule has 1 aromatic carbocycles. The number of anilines is 1. The Morgan fingerprint density at radius 3 is 2.62 bits per heavy atom. The van der Waals surface area contributed by atoms with Gasteiger partial charge in [0.2, 0.25) is 0 Å². The molecule has 0 radical (unpaired) electrons. The molecule has 1 atom stereocenters. The van der Waals surface area contributed by atoms with Gasteiger partial charge in [-0.2, -0.15) is 0 Å². The standard InChI is InChI=1S/C19H22N2/c1-14-10-11-17-15(2)19(3,4)13-21(18(17)12-20-14)16-8-6-5-7-9-16/h5-11,15H,13H2,1-4H3. The van der Waals surface area contributed by atoms with Crippen molar-refractivity contribution < 1.29 is 0 Å². The van der Waals surface area contributed by atoms with Crippen molar-refractivity contribution in [2.45, 2.75) is 27.7 Å². The zero-order valence-electron chi connectivity index (χ0n) is 13.2. The number of para-hydroxylation sites is 1. The molecule has 2 aliphatic heterocycles. The average Bonchev–Trinajstić information content (AvgIpc) is 2.66. The van der Waals surface area contributed by atoms with Gasteiger partial charge >= 0.3 is 0 Å². The van der Waals surface area contributed by atoms with Gasteiger partial charge < -0.3 is 4.90 Å². The number of aliphatic imine (C=N–C) groups is 1. The van der Waals surface area contributed by atoms with Gasteiger partial charge in [0.05, 0.1) is 0 Å². The highest BCUT2D eigenvalue weighted by Crippen LogP contribution is 2.44. The van der Waals surface area contributed by atoms with Crippen LogP contribution in [0.2, 0.25) is 0 Å². The molecule has 2 heteroatoms. The molecule has 1 aromatic rings. The molecule has 108 valence electrons. The van der Waals surface area contributed by atoms with Crippen LogP contribution in [0.4, 0.5) is 5.69 Å². The largest absolute Gasteiger partial charge is 0.333 e. The lowest BCUT2D eigenvalue weighted by atomic mass is 9.71. The molecule has 0 aliphatic carbocycles. The number of fused-ring (bicyclic) bond motifs is 1. The van der Waals surface area contributed by atoms with E-state index >= 15 is 0 Å². The number of hydrogen-bond acceptors (Lipinski definition) is 2. The Bertz CT molecular complexity index is 671. The summed E-state index contributed by atoms with van der Waals surface area (Å²) in [4.78, 5) is 6.80. The summed E-state index contributed by atoms with van der Waals surface area (Å²) in [5.74, 6) is 3.76. The van der Waals surface area contributed by atoms with Crippen LogP contribution in [0.1, 0.15) is 27.7 Å². The fourth-order valence-electron chi connectivity index (χ4n) is 2.97. The molecule has 0 spiro atoms. The molecule has 1 unspecified atom stereocenters. The van der Waals surface area contributed by atoms with Gasteiger partial charge in [0.1, 0.15) is 5.70 Å². The van der Waals surface area contributed by atoms with Crippen molar-refractivity contribution in [2.75, 3.05) is 11.4 Å². The van der Waals surface area contributed by atoms with E-state index in [2.05, 4.69) is 79.0 Å². The Labute approximate surface area is 127 Å². The average molecular weight is 278 g/mol. The van der Waals surface area contributed by atoms with E-state index in [4.69, 9.17) is 0 Å². The van der Waals surface area contributed by atoms with Crippen LogP contribution in [0.5, 0.6) is 0 Å². The molecule has 1 fully saturated rings. The molecular weight excluding hydrogens is 256 g/mol. The second-order valence-electron chi connectivity index (χ2n) is 6.63. The summed E-state index contributed by atoms with van der Waals surface area (Å²) in [6.45, 7) is 9.98. The van der Waals surface area contributed by atoms with E-state index in [9.17, 15) is 0 Å². The van der Waals surface area contributed by atoms with E-state index < -0.39 is 0 Å². The monoisotopic (exact) mass is 278 g/mol. The van der Waals surface area contributed by atoms with E-state index in [0.717, 1.165) is 17.9 Å². The third kappa shape index (κ3) is 2.48. The highest BCUT2D eigenvalue weighted by Gasteiger charge is 2.39. The molecule has 0 amide bonds. The number of allylic oxidation sites excluding steroid dienone is 4. The molecule has 0 aromatic heterocycles. The van der Waals surface area contributed by atoms with Gasteiger partial charge in [-0.15, -0.1) is 0 Å². The number of hydrogen-bond donors (Lipinski definition) is 0.